The molecule has 1 aliphatic rings. The van der Waals surface area contributed by atoms with Gasteiger partial charge in [0.15, 0.2) is 0 Å². The predicted molar refractivity (Wildman–Crippen MR) is 130 cm³/mol. The summed E-state index contributed by atoms with van der Waals surface area (Å²) >= 11 is 0. The average Bonchev–Trinajstić information content (AvgIpc) is 3.28. The Balaban J connectivity index is 1.38. The van der Waals surface area contributed by atoms with E-state index < -0.39 is 0 Å². The van der Waals surface area contributed by atoms with Crippen molar-refractivity contribution in [1.29, 1.82) is 0 Å². The highest BCUT2D eigenvalue weighted by molar-refractivity contribution is 5.90. The van der Waals surface area contributed by atoms with Crippen LogP contribution in [0.25, 0.3) is 28.0 Å². The zero-order valence-electron chi connectivity index (χ0n) is 18.5. The summed E-state index contributed by atoms with van der Waals surface area (Å²) in [6.45, 7) is 5.69. The number of rotatable bonds is 5. The van der Waals surface area contributed by atoms with E-state index in [0.717, 1.165) is 65.8 Å². The Bertz CT molecular complexity index is 1260. The maximum atomic E-state index is 11.9. The van der Waals surface area contributed by atoms with Gasteiger partial charge in [0.25, 0.3) is 0 Å². The van der Waals surface area contributed by atoms with Crippen LogP contribution in [-0.4, -0.2) is 53.2 Å². The number of urea groups is 1. The monoisotopic (exact) mass is 442 g/mol. The van der Waals surface area contributed by atoms with Gasteiger partial charge in [-0.2, -0.15) is 0 Å². The number of imidazole rings is 1. The number of amides is 2. The minimum Gasteiger partial charge on any atom is -0.378 e. The molecule has 1 aromatic carbocycles. The molecule has 0 unspecified atom stereocenters. The summed E-state index contributed by atoms with van der Waals surface area (Å²) < 4.78 is 7.47. The molecule has 2 amide bonds. The van der Waals surface area contributed by atoms with Crippen molar-refractivity contribution in [3.8, 4) is 22.4 Å². The van der Waals surface area contributed by atoms with Crippen LogP contribution in [0.4, 0.5) is 16.3 Å². The van der Waals surface area contributed by atoms with Crippen LogP contribution < -0.4 is 15.5 Å². The lowest BCUT2D eigenvalue weighted by molar-refractivity contribution is 0.122. The van der Waals surface area contributed by atoms with Gasteiger partial charge in [0, 0.05) is 48.8 Å². The van der Waals surface area contributed by atoms with Crippen molar-refractivity contribution in [3.05, 3.63) is 67.1 Å². The molecule has 0 spiro atoms. The Morgan fingerprint density at radius 3 is 2.67 bits per heavy atom. The third-order valence-electron chi connectivity index (χ3n) is 5.68. The van der Waals surface area contributed by atoms with Crippen molar-refractivity contribution >= 4 is 23.2 Å². The van der Waals surface area contributed by atoms with E-state index in [1.807, 2.05) is 54.2 Å². The van der Waals surface area contributed by atoms with Crippen LogP contribution in [0.2, 0.25) is 0 Å². The molecule has 4 heterocycles. The number of carbonyl (C=O) groups is 1. The molecule has 8 heteroatoms. The first-order valence-electron chi connectivity index (χ1n) is 11.1. The molecule has 8 nitrogen and oxygen atoms in total. The lowest BCUT2D eigenvalue weighted by Gasteiger charge is -2.27. The Hall–Kier alpha value is -3.91. The molecular weight excluding hydrogens is 416 g/mol. The van der Waals surface area contributed by atoms with E-state index in [4.69, 9.17) is 4.74 Å². The number of hydrogen-bond acceptors (Lipinski definition) is 5. The van der Waals surface area contributed by atoms with Crippen LogP contribution in [0.15, 0.2) is 67.1 Å². The lowest BCUT2D eigenvalue weighted by Crippen LogP contribution is -2.36. The van der Waals surface area contributed by atoms with Crippen molar-refractivity contribution in [1.82, 2.24) is 19.7 Å². The number of aromatic nitrogens is 3. The SMILES string of the molecule is CCNC(=O)Nc1cccc(-c2cnc3cc(-c4ccc(N5CCOCC5)nc4)ccn23)c1. The minimum atomic E-state index is -0.217. The molecule has 0 radical (unpaired) electrons. The summed E-state index contributed by atoms with van der Waals surface area (Å²) in [4.78, 5) is 23.4. The number of pyridine rings is 2. The number of nitrogens with zero attached hydrogens (tertiary/aromatic N) is 4. The van der Waals surface area contributed by atoms with Crippen LogP contribution >= 0.6 is 0 Å². The molecule has 1 saturated heterocycles. The number of fused-ring (bicyclic) bond motifs is 1. The average molecular weight is 443 g/mol. The number of nitrogens with one attached hydrogen (secondary N) is 2. The molecule has 1 aliphatic heterocycles. The van der Waals surface area contributed by atoms with Crippen molar-refractivity contribution in [3.63, 3.8) is 0 Å². The highest BCUT2D eigenvalue weighted by atomic mass is 16.5. The second-order valence-corrected chi connectivity index (χ2v) is 7.86. The summed E-state index contributed by atoms with van der Waals surface area (Å²) in [5, 5.41) is 5.60. The van der Waals surface area contributed by atoms with E-state index in [0.29, 0.717) is 6.54 Å². The van der Waals surface area contributed by atoms with Crippen LogP contribution in [0.5, 0.6) is 0 Å². The highest BCUT2D eigenvalue weighted by Crippen LogP contribution is 2.27. The molecule has 168 valence electrons. The Kier molecular flexibility index (Phi) is 5.91. The maximum Gasteiger partial charge on any atom is 0.319 e. The fourth-order valence-corrected chi connectivity index (χ4v) is 4.00. The van der Waals surface area contributed by atoms with Crippen molar-refractivity contribution in [2.45, 2.75) is 6.92 Å². The molecule has 0 aliphatic carbocycles. The molecule has 3 aromatic heterocycles. The van der Waals surface area contributed by atoms with E-state index in [2.05, 4.69) is 49.8 Å². The smallest absolute Gasteiger partial charge is 0.319 e. The number of hydrogen-bond donors (Lipinski definition) is 2. The standard InChI is InChI=1S/C25H26N6O2/c1-2-26-25(32)29-21-5-3-4-19(14-21)22-17-28-24-15-18(8-9-31(22)24)20-6-7-23(27-16-20)30-10-12-33-13-11-30/h3-9,14-17H,2,10-13H2,1H3,(H2,26,29,32). The predicted octanol–water partition coefficient (Wildman–Crippen LogP) is 4.04. The molecule has 0 bridgehead atoms. The number of ether oxygens (including phenoxy) is 1. The molecule has 1 fully saturated rings. The first-order chi connectivity index (χ1) is 16.2. The van der Waals surface area contributed by atoms with Crippen molar-refractivity contribution < 1.29 is 9.53 Å². The van der Waals surface area contributed by atoms with E-state index in [1.54, 1.807) is 0 Å². The molecule has 2 N–H and O–H groups in total. The van der Waals surface area contributed by atoms with Gasteiger partial charge in [0.1, 0.15) is 11.5 Å². The third kappa shape index (κ3) is 4.51. The Morgan fingerprint density at radius 2 is 1.88 bits per heavy atom. The van der Waals surface area contributed by atoms with Gasteiger partial charge < -0.3 is 20.3 Å². The second kappa shape index (κ2) is 9.30. The van der Waals surface area contributed by atoms with E-state index >= 15 is 0 Å². The second-order valence-electron chi connectivity index (χ2n) is 7.86. The van der Waals surface area contributed by atoms with Gasteiger partial charge in [-0.1, -0.05) is 12.1 Å². The lowest BCUT2D eigenvalue weighted by atomic mass is 10.1. The van der Waals surface area contributed by atoms with Gasteiger partial charge >= 0.3 is 6.03 Å². The molecule has 33 heavy (non-hydrogen) atoms. The molecule has 0 saturated carbocycles. The molecule has 5 rings (SSSR count). The van der Waals surface area contributed by atoms with Gasteiger partial charge in [-0.25, -0.2) is 14.8 Å². The normalized spacial score (nSPS) is 13.8. The number of anilines is 2. The van der Waals surface area contributed by atoms with Crippen molar-refractivity contribution in [2.24, 2.45) is 0 Å². The van der Waals surface area contributed by atoms with E-state index in [1.165, 1.54) is 0 Å². The summed E-state index contributed by atoms with van der Waals surface area (Å²) in [5.41, 5.74) is 5.62. The van der Waals surface area contributed by atoms with Crippen LogP contribution in [0.1, 0.15) is 6.92 Å². The summed E-state index contributed by atoms with van der Waals surface area (Å²) in [6, 6.07) is 15.8. The zero-order chi connectivity index (χ0) is 22.6. The van der Waals surface area contributed by atoms with Gasteiger partial charge in [-0.15, -0.1) is 0 Å². The largest absolute Gasteiger partial charge is 0.378 e. The maximum absolute atomic E-state index is 11.9. The first kappa shape index (κ1) is 21.0. The van der Waals surface area contributed by atoms with Crippen LogP contribution in [0.3, 0.4) is 0 Å². The molecule has 0 atom stereocenters. The van der Waals surface area contributed by atoms with E-state index in [-0.39, 0.29) is 6.03 Å². The third-order valence-corrected chi connectivity index (χ3v) is 5.68. The minimum absolute atomic E-state index is 0.217. The number of benzene rings is 1. The fraction of sp³-hybridized carbons (Fsp3) is 0.240. The molecular formula is C25H26N6O2. The van der Waals surface area contributed by atoms with Crippen LogP contribution in [0, 0.1) is 0 Å². The van der Waals surface area contributed by atoms with Gasteiger partial charge in [0.2, 0.25) is 0 Å². The quantitative estimate of drug-likeness (QED) is 0.487. The fourth-order valence-electron chi connectivity index (χ4n) is 4.00. The van der Waals surface area contributed by atoms with Crippen molar-refractivity contribution in [2.75, 3.05) is 43.1 Å². The Labute approximate surface area is 192 Å². The molecule has 4 aromatic rings. The van der Waals surface area contributed by atoms with E-state index in [9.17, 15) is 4.79 Å². The summed E-state index contributed by atoms with van der Waals surface area (Å²) in [7, 11) is 0. The van der Waals surface area contributed by atoms with Crippen LogP contribution in [-0.2, 0) is 4.74 Å². The zero-order valence-corrected chi connectivity index (χ0v) is 18.5. The highest BCUT2D eigenvalue weighted by Gasteiger charge is 2.13. The number of morpholine rings is 1. The van der Waals surface area contributed by atoms with Gasteiger partial charge in [-0.3, -0.25) is 4.40 Å². The first-order valence-corrected chi connectivity index (χ1v) is 11.1. The summed E-state index contributed by atoms with van der Waals surface area (Å²) in [6.07, 6.45) is 5.79. The topological polar surface area (TPSA) is 83.8 Å². The Morgan fingerprint density at radius 1 is 1.00 bits per heavy atom. The van der Waals surface area contributed by atoms with Gasteiger partial charge in [-0.05, 0) is 48.9 Å². The number of carbonyl (C=O) groups excluding carboxylic acids is 1. The summed E-state index contributed by atoms with van der Waals surface area (Å²) in [5.74, 6) is 0.979. The van der Waals surface area contributed by atoms with Gasteiger partial charge in [0.05, 0.1) is 25.1 Å².